The standard InChI is InChI=1S/C10H12BrCl/c1-10(2,3)7-4-8(11)6-9(12)5-7/h4-6H,1-3H3/i1D3,2D3. The van der Waals surface area contributed by atoms with Gasteiger partial charge < -0.3 is 0 Å². The van der Waals surface area contributed by atoms with Gasteiger partial charge in [-0.3, -0.25) is 0 Å². The maximum absolute atomic E-state index is 7.53. The van der Waals surface area contributed by atoms with Crippen LogP contribution in [0.3, 0.4) is 0 Å². The highest BCUT2D eigenvalue weighted by atomic mass is 79.9. The Bertz CT molecular complexity index is 416. The molecule has 0 fully saturated rings. The van der Waals surface area contributed by atoms with Crippen molar-refractivity contribution >= 4 is 27.5 Å². The van der Waals surface area contributed by atoms with Gasteiger partial charge in [-0.2, -0.15) is 0 Å². The van der Waals surface area contributed by atoms with Gasteiger partial charge in [-0.1, -0.05) is 48.2 Å². The first kappa shape index (κ1) is 4.47. The van der Waals surface area contributed by atoms with Crippen LogP contribution >= 0.6 is 27.5 Å². The summed E-state index contributed by atoms with van der Waals surface area (Å²) in [6, 6.07) is 4.43. The van der Waals surface area contributed by atoms with Gasteiger partial charge in [0.2, 0.25) is 0 Å². The summed E-state index contributed by atoms with van der Waals surface area (Å²) < 4.78 is 45.8. The summed E-state index contributed by atoms with van der Waals surface area (Å²) in [5.41, 5.74) is -1.80. The third kappa shape index (κ3) is 2.49. The quantitative estimate of drug-likeness (QED) is 0.643. The Morgan fingerprint density at radius 2 is 2.08 bits per heavy atom. The number of benzene rings is 1. The highest BCUT2D eigenvalue weighted by molar-refractivity contribution is 9.10. The van der Waals surface area contributed by atoms with E-state index in [9.17, 15) is 0 Å². The van der Waals surface area contributed by atoms with E-state index >= 15 is 0 Å². The molecular weight excluding hydrogens is 235 g/mol. The molecule has 0 aliphatic carbocycles. The van der Waals surface area contributed by atoms with Gasteiger partial charge in [0.05, 0.1) is 0 Å². The Labute approximate surface area is 95.5 Å². The normalized spacial score (nSPS) is 21.2. The molecule has 66 valence electrons. The van der Waals surface area contributed by atoms with Crippen LogP contribution in [0.4, 0.5) is 0 Å². The van der Waals surface area contributed by atoms with Crippen LogP contribution in [0.1, 0.15) is 34.4 Å². The Morgan fingerprint density at radius 3 is 2.58 bits per heavy atom. The molecule has 0 radical (unpaired) electrons. The Hall–Kier alpha value is -0.0100. The Kier molecular flexibility index (Phi) is 1.26. The summed E-state index contributed by atoms with van der Waals surface area (Å²) in [6.07, 6.45) is 0. The van der Waals surface area contributed by atoms with Crippen molar-refractivity contribution in [3.63, 3.8) is 0 Å². The fourth-order valence-corrected chi connectivity index (χ4v) is 1.70. The van der Waals surface area contributed by atoms with E-state index in [-0.39, 0.29) is 5.56 Å². The van der Waals surface area contributed by atoms with Gasteiger partial charge in [0.1, 0.15) is 0 Å². The zero-order valence-corrected chi connectivity index (χ0v) is 8.83. The van der Waals surface area contributed by atoms with Gasteiger partial charge in [0.15, 0.2) is 0 Å². The summed E-state index contributed by atoms with van der Waals surface area (Å²) in [4.78, 5) is 0. The molecule has 0 aliphatic heterocycles. The van der Waals surface area contributed by atoms with Crippen molar-refractivity contribution in [1.82, 2.24) is 0 Å². The number of rotatable bonds is 0. The lowest BCUT2D eigenvalue weighted by atomic mass is 9.87. The van der Waals surface area contributed by atoms with Gasteiger partial charge in [-0.25, -0.2) is 0 Å². The summed E-state index contributed by atoms with van der Waals surface area (Å²) in [6.45, 7) is -4.12. The molecule has 12 heavy (non-hydrogen) atoms. The summed E-state index contributed by atoms with van der Waals surface area (Å²) >= 11 is 9.05. The minimum atomic E-state index is -2.66. The summed E-state index contributed by atoms with van der Waals surface area (Å²) in [5.74, 6) is 0. The second-order valence-corrected chi connectivity index (χ2v) is 4.14. The fraction of sp³-hybridized carbons (Fsp3) is 0.400. The van der Waals surface area contributed by atoms with Crippen LogP contribution in [0.15, 0.2) is 22.7 Å². The van der Waals surface area contributed by atoms with Crippen LogP contribution < -0.4 is 0 Å². The molecule has 0 saturated carbocycles. The Balaban J connectivity index is 3.55. The molecule has 0 aromatic heterocycles. The molecule has 2 heteroatoms. The average Bonchev–Trinajstić information content (AvgIpc) is 2.11. The molecule has 0 aliphatic rings. The first-order valence-electron chi connectivity index (χ1n) is 6.36. The van der Waals surface area contributed by atoms with Gasteiger partial charge in [0, 0.05) is 17.7 Å². The molecule has 1 aromatic carbocycles. The molecule has 0 atom stereocenters. The largest absolute Gasteiger partial charge is 0.0843 e. The lowest BCUT2D eigenvalue weighted by Crippen LogP contribution is -2.10. The van der Waals surface area contributed by atoms with Crippen LogP contribution in [0, 0.1) is 0 Å². The second-order valence-electron chi connectivity index (χ2n) is 2.78. The van der Waals surface area contributed by atoms with E-state index in [0.717, 1.165) is 0 Å². The minimum absolute atomic E-state index is 0.168. The van der Waals surface area contributed by atoms with E-state index in [1.54, 1.807) is 6.07 Å². The lowest BCUT2D eigenvalue weighted by molar-refractivity contribution is 0.590. The zero-order chi connectivity index (χ0) is 14.4. The molecule has 0 saturated heterocycles. The van der Waals surface area contributed by atoms with Gasteiger partial charge >= 0.3 is 0 Å². The minimum Gasteiger partial charge on any atom is -0.0843 e. The number of hydrogen-bond acceptors (Lipinski definition) is 0. The van der Waals surface area contributed by atoms with E-state index in [0.29, 0.717) is 9.50 Å². The highest BCUT2D eigenvalue weighted by Gasteiger charge is 2.14. The Morgan fingerprint density at radius 1 is 1.42 bits per heavy atom. The van der Waals surface area contributed by atoms with Crippen LogP contribution in [-0.4, -0.2) is 0 Å². The molecule has 1 aromatic rings. The molecule has 0 nitrogen and oxygen atoms in total. The highest BCUT2D eigenvalue weighted by Crippen LogP contribution is 2.28. The van der Waals surface area contributed by atoms with E-state index in [4.69, 9.17) is 19.8 Å². The molecule has 0 amide bonds. The van der Waals surface area contributed by atoms with Crippen molar-refractivity contribution in [2.75, 3.05) is 0 Å². The van der Waals surface area contributed by atoms with Crippen molar-refractivity contribution in [1.29, 1.82) is 0 Å². The van der Waals surface area contributed by atoms with E-state index in [1.165, 1.54) is 19.1 Å². The van der Waals surface area contributed by atoms with Crippen LogP contribution in [-0.2, 0) is 5.41 Å². The van der Waals surface area contributed by atoms with Crippen molar-refractivity contribution < 1.29 is 8.22 Å². The third-order valence-electron chi connectivity index (χ3n) is 1.44. The topological polar surface area (TPSA) is 0 Å². The van der Waals surface area contributed by atoms with Crippen molar-refractivity contribution in [2.45, 2.75) is 26.0 Å². The van der Waals surface area contributed by atoms with Crippen LogP contribution in [0.5, 0.6) is 0 Å². The van der Waals surface area contributed by atoms with Crippen molar-refractivity contribution in [3.8, 4) is 0 Å². The van der Waals surface area contributed by atoms with Crippen LogP contribution in [0.25, 0.3) is 0 Å². The molecule has 0 spiro atoms. The average molecular weight is 254 g/mol. The SMILES string of the molecule is [2H]C([2H])([2H])C(C)(c1cc(Cl)cc(Br)c1)C([2H])([2H])[2H]. The van der Waals surface area contributed by atoms with Crippen molar-refractivity contribution in [3.05, 3.63) is 33.3 Å². The van der Waals surface area contributed by atoms with Gasteiger partial charge in [-0.15, -0.1) is 0 Å². The van der Waals surface area contributed by atoms with E-state index in [2.05, 4.69) is 15.9 Å². The van der Waals surface area contributed by atoms with Crippen molar-refractivity contribution in [2.24, 2.45) is 0 Å². The molecule has 0 heterocycles. The summed E-state index contributed by atoms with van der Waals surface area (Å²) in [7, 11) is 0. The smallest absolute Gasteiger partial charge is 0.0420 e. The summed E-state index contributed by atoms with van der Waals surface area (Å²) in [5, 5.41) is 0.291. The maximum atomic E-state index is 7.53. The van der Waals surface area contributed by atoms with Crippen LogP contribution in [0.2, 0.25) is 5.02 Å². The first-order valence-corrected chi connectivity index (χ1v) is 4.53. The van der Waals surface area contributed by atoms with E-state index in [1.807, 2.05) is 0 Å². The fourth-order valence-electron chi connectivity index (χ4n) is 0.843. The van der Waals surface area contributed by atoms with Gasteiger partial charge in [0.25, 0.3) is 0 Å². The third-order valence-corrected chi connectivity index (χ3v) is 2.12. The predicted octanol–water partition coefficient (Wildman–Crippen LogP) is 4.40. The maximum Gasteiger partial charge on any atom is 0.0420 e. The monoisotopic (exact) mass is 252 g/mol. The molecule has 0 N–H and O–H groups in total. The number of halogens is 2. The lowest BCUT2D eigenvalue weighted by Gasteiger charge is -2.19. The second kappa shape index (κ2) is 3.39. The van der Waals surface area contributed by atoms with E-state index < -0.39 is 19.1 Å². The first-order chi connectivity index (χ1) is 7.89. The number of hydrogen-bond donors (Lipinski definition) is 0. The molecular formula is C10H12BrCl. The molecule has 0 bridgehead atoms. The predicted molar refractivity (Wildman–Crippen MR) is 57.9 cm³/mol. The molecule has 0 unspecified atom stereocenters. The zero-order valence-electron chi connectivity index (χ0n) is 12.5. The van der Waals surface area contributed by atoms with Gasteiger partial charge in [-0.05, 0) is 29.2 Å². The molecule has 1 rings (SSSR count).